The number of fused-ring (bicyclic) bond motifs is 3. The average Bonchev–Trinajstić information content (AvgIpc) is 3.33. The maximum atomic E-state index is 13.7. The third-order valence-corrected chi connectivity index (χ3v) is 8.87. The van der Waals surface area contributed by atoms with E-state index in [1.165, 1.54) is 16.8 Å². The summed E-state index contributed by atoms with van der Waals surface area (Å²) in [4.78, 5) is 18.6. The van der Waals surface area contributed by atoms with Gasteiger partial charge in [-0.3, -0.25) is 9.69 Å². The molecule has 0 bridgehead atoms. The molecule has 6 rings (SSSR count). The van der Waals surface area contributed by atoms with E-state index in [4.69, 9.17) is 0 Å². The minimum Gasteiger partial charge on any atom is -0.369 e. The van der Waals surface area contributed by atoms with Gasteiger partial charge < -0.3 is 10.2 Å². The van der Waals surface area contributed by atoms with Gasteiger partial charge in [0, 0.05) is 31.9 Å². The molecule has 222 valence electrons. The molecular weight excluding hydrogens is 547 g/mol. The minimum absolute atomic E-state index is 0.455. The number of rotatable bonds is 9. The molecule has 0 saturated carbocycles. The lowest BCUT2D eigenvalue weighted by Gasteiger charge is -2.36. The lowest BCUT2D eigenvalue weighted by molar-refractivity contribution is -0.141. The van der Waals surface area contributed by atoms with Crippen molar-refractivity contribution in [2.24, 2.45) is 0 Å². The number of nitrogens with one attached hydrogen (secondary N) is 1. The first kappa shape index (κ1) is 29.0. The Morgan fingerprint density at radius 1 is 0.721 bits per heavy atom. The van der Waals surface area contributed by atoms with Crippen LogP contribution in [0.3, 0.4) is 0 Å². The largest absolute Gasteiger partial charge is 0.405 e. The maximum absolute atomic E-state index is 13.7. The molecule has 0 unspecified atom stereocenters. The Balaban J connectivity index is 1.10. The quantitative estimate of drug-likeness (QED) is 0.210. The van der Waals surface area contributed by atoms with Crippen LogP contribution in [0.4, 0.5) is 18.9 Å². The number of unbranched alkanes of at least 4 members (excludes halogenated alkanes) is 1. The van der Waals surface area contributed by atoms with Gasteiger partial charge in [0.25, 0.3) is 0 Å². The number of piperazine rings is 1. The Hall–Kier alpha value is -4.10. The zero-order chi connectivity index (χ0) is 29.9. The number of hydrogen-bond acceptors (Lipinski definition) is 3. The number of nitrogens with zero attached hydrogens (tertiary/aromatic N) is 2. The molecule has 1 saturated heterocycles. The first-order valence-corrected chi connectivity index (χ1v) is 15.0. The zero-order valence-corrected chi connectivity index (χ0v) is 24.1. The predicted molar refractivity (Wildman–Crippen MR) is 166 cm³/mol. The molecule has 0 aromatic heterocycles. The van der Waals surface area contributed by atoms with Crippen LogP contribution in [0.2, 0.25) is 0 Å². The molecule has 1 N–H and O–H groups in total. The second kappa shape index (κ2) is 12.3. The van der Waals surface area contributed by atoms with Crippen molar-refractivity contribution in [2.75, 3.05) is 44.2 Å². The molecule has 1 aliphatic carbocycles. The Kier molecular flexibility index (Phi) is 8.26. The Morgan fingerprint density at radius 3 is 1.98 bits per heavy atom. The van der Waals surface area contributed by atoms with Crippen molar-refractivity contribution in [1.82, 2.24) is 10.2 Å². The predicted octanol–water partition coefficient (Wildman–Crippen LogP) is 7.29. The molecule has 4 nitrogen and oxygen atoms in total. The van der Waals surface area contributed by atoms with E-state index in [0.29, 0.717) is 6.42 Å². The van der Waals surface area contributed by atoms with Crippen LogP contribution in [0.5, 0.6) is 0 Å². The molecule has 1 aliphatic heterocycles. The van der Waals surface area contributed by atoms with E-state index < -0.39 is 24.0 Å². The van der Waals surface area contributed by atoms with Gasteiger partial charge in [0.1, 0.15) is 12.0 Å². The Morgan fingerprint density at radius 2 is 1.33 bits per heavy atom. The van der Waals surface area contributed by atoms with Gasteiger partial charge >= 0.3 is 6.18 Å². The first-order chi connectivity index (χ1) is 20.8. The highest BCUT2D eigenvalue weighted by Gasteiger charge is 2.49. The van der Waals surface area contributed by atoms with Gasteiger partial charge in [-0.25, -0.2) is 0 Å². The molecule has 0 atom stereocenters. The lowest BCUT2D eigenvalue weighted by atomic mass is 9.73. The molecule has 1 fully saturated rings. The average molecular weight is 584 g/mol. The minimum atomic E-state index is -4.47. The summed E-state index contributed by atoms with van der Waals surface area (Å²) in [6, 6.07) is 34.4. The lowest BCUT2D eigenvalue weighted by Crippen LogP contribution is -2.47. The van der Waals surface area contributed by atoms with Crippen LogP contribution in [0, 0.1) is 0 Å². The van der Waals surface area contributed by atoms with Gasteiger partial charge in [0.05, 0.1) is 0 Å². The zero-order valence-electron chi connectivity index (χ0n) is 24.1. The van der Waals surface area contributed by atoms with E-state index in [2.05, 4.69) is 63.6 Å². The topological polar surface area (TPSA) is 35.6 Å². The number of anilines is 1. The number of amides is 1. The summed E-state index contributed by atoms with van der Waals surface area (Å²) in [5.74, 6) is -0.575. The van der Waals surface area contributed by atoms with Crippen LogP contribution in [-0.2, 0) is 10.2 Å². The van der Waals surface area contributed by atoms with Gasteiger partial charge in [-0.1, -0.05) is 97.4 Å². The second-order valence-electron chi connectivity index (χ2n) is 11.5. The summed E-state index contributed by atoms with van der Waals surface area (Å²) in [5, 5.41) is 2.23. The molecule has 2 aliphatic rings. The molecule has 4 aromatic rings. The van der Waals surface area contributed by atoms with E-state index in [1.807, 2.05) is 54.6 Å². The Labute approximate surface area is 251 Å². The highest BCUT2D eigenvalue weighted by molar-refractivity contribution is 6.00. The van der Waals surface area contributed by atoms with E-state index in [1.54, 1.807) is 0 Å². The normalized spacial score (nSPS) is 16.0. The molecule has 0 radical (unpaired) electrons. The molecule has 0 spiro atoms. The van der Waals surface area contributed by atoms with Crippen LogP contribution in [0.15, 0.2) is 103 Å². The highest BCUT2D eigenvalue weighted by Crippen LogP contribution is 2.51. The van der Waals surface area contributed by atoms with Gasteiger partial charge in [-0.05, 0) is 64.9 Å². The number of alkyl halides is 3. The monoisotopic (exact) mass is 583 g/mol. The molecule has 1 amide bonds. The summed E-state index contributed by atoms with van der Waals surface area (Å²) >= 11 is 0. The van der Waals surface area contributed by atoms with Crippen LogP contribution < -0.4 is 10.2 Å². The van der Waals surface area contributed by atoms with Crippen molar-refractivity contribution in [2.45, 2.75) is 30.9 Å². The SMILES string of the molecule is O=C(NCC(F)(F)F)C1(CCCCN2CCN(c3cccc(-c4ccccc4)c3)CC2)c2ccccc2-c2ccccc21. The third-order valence-electron chi connectivity index (χ3n) is 8.87. The van der Waals surface area contributed by atoms with Gasteiger partial charge in [0.15, 0.2) is 0 Å². The summed E-state index contributed by atoms with van der Waals surface area (Å²) in [6.45, 7) is 3.31. The van der Waals surface area contributed by atoms with Crippen molar-refractivity contribution < 1.29 is 18.0 Å². The van der Waals surface area contributed by atoms with Gasteiger partial charge in [-0.15, -0.1) is 0 Å². The van der Waals surface area contributed by atoms with Crippen molar-refractivity contribution >= 4 is 11.6 Å². The Bertz CT molecular complexity index is 1520. The van der Waals surface area contributed by atoms with E-state index in [0.717, 1.165) is 67.8 Å². The van der Waals surface area contributed by atoms with Crippen molar-refractivity contribution in [1.29, 1.82) is 0 Å². The molecule has 4 aromatic carbocycles. The molecule has 1 heterocycles. The summed E-state index contributed by atoms with van der Waals surface area (Å²) in [6.07, 6.45) is -2.43. The second-order valence-corrected chi connectivity index (χ2v) is 11.5. The van der Waals surface area contributed by atoms with Crippen LogP contribution in [0.25, 0.3) is 22.3 Å². The third kappa shape index (κ3) is 6.04. The van der Waals surface area contributed by atoms with Crippen LogP contribution in [-0.4, -0.2) is 56.3 Å². The highest BCUT2D eigenvalue weighted by atomic mass is 19.4. The molecular formula is C36H36F3N3O. The number of carbonyl (C=O) groups is 1. The first-order valence-electron chi connectivity index (χ1n) is 15.0. The van der Waals surface area contributed by atoms with Crippen molar-refractivity contribution in [3.05, 3.63) is 114 Å². The van der Waals surface area contributed by atoms with Crippen LogP contribution in [0.1, 0.15) is 30.4 Å². The summed E-state index contributed by atoms with van der Waals surface area (Å²) < 4.78 is 39.4. The molecule has 7 heteroatoms. The fraction of sp³-hybridized carbons (Fsp3) is 0.306. The number of carbonyl (C=O) groups excluding carboxylic acids is 1. The fourth-order valence-corrected chi connectivity index (χ4v) is 6.75. The van der Waals surface area contributed by atoms with Gasteiger partial charge in [0.2, 0.25) is 5.91 Å². The number of hydrogen-bond donors (Lipinski definition) is 1. The van der Waals surface area contributed by atoms with Crippen LogP contribution >= 0.6 is 0 Å². The number of benzene rings is 4. The maximum Gasteiger partial charge on any atom is 0.405 e. The van der Waals surface area contributed by atoms with Gasteiger partial charge in [-0.2, -0.15) is 13.2 Å². The summed E-state index contributed by atoms with van der Waals surface area (Å²) in [7, 11) is 0. The molecule has 43 heavy (non-hydrogen) atoms. The van der Waals surface area contributed by atoms with E-state index in [-0.39, 0.29) is 0 Å². The van der Waals surface area contributed by atoms with Crippen molar-refractivity contribution in [3.8, 4) is 22.3 Å². The smallest absolute Gasteiger partial charge is 0.369 e. The van der Waals surface area contributed by atoms with E-state index in [9.17, 15) is 18.0 Å². The fourth-order valence-electron chi connectivity index (χ4n) is 6.75. The number of halogens is 3. The van der Waals surface area contributed by atoms with E-state index >= 15 is 0 Å². The standard InChI is InChI=1S/C36H36F3N3O/c37-36(38,39)26-40-34(43)35(32-17-6-4-15-30(32)31-16-5-7-18-33(31)35)19-8-9-20-41-21-23-42(24-22-41)29-14-10-13-28(25-29)27-11-2-1-3-12-27/h1-7,10-18,25H,8-9,19-24,26H2,(H,40,43). The summed E-state index contributed by atoms with van der Waals surface area (Å²) in [5.41, 5.74) is 5.95. The van der Waals surface area contributed by atoms with Crippen molar-refractivity contribution in [3.63, 3.8) is 0 Å².